The number of carbonyl (C=O) groups is 1. The predicted octanol–water partition coefficient (Wildman–Crippen LogP) is 1.57. The van der Waals surface area contributed by atoms with Gasteiger partial charge >= 0.3 is 0 Å². The molecule has 8 heteroatoms. The van der Waals surface area contributed by atoms with Crippen LogP contribution in [0.2, 0.25) is 0 Å². The van der Waals surface area contributed by atoms with Crippen LogP contribution < -0.4 is 22.6 Å². The number of rotatable bonds is 9. The number of phenolic OH excluding ortho intramolecular Hbond substituents is 2. The van der Waals surface area contributed by atoms with Crippen molar-refractivity contribution < 1.29 is 36.8 Å². The van der Waals surface area contributed by atoms with Crippen LogP contribution in [-0.4, -0.2) is 40.9 Å². The number of halogens is 1. The molecule has 1 amide bonds. The topological polar surface area (TPSA) is 100 Å². The normalized spacial score (nSPS) is 10.9. The minimum absolute atomic E-state index is 0. The van der Waals surface area contributed by atoms with Crippen LogP contribution in [0.25, 0.3) is 33.6 Å². The van der Waals surface area contributed by atoms with E-state index in [1.165, 1.54) is 16.5 Å². The van der Waals surface area contributed by atoms with E-state index in [-0.39, 0.29) is 41.3 Å². The number of nitrogens with zero attached hydrogens (tertiary/aromatic N) is 1. The zero-order chi connectivity index (χ0) is 26.5. The Balaban J connectivity index is 0.00000400. The lowest BCUT2D eigenvalue weighted by Gasteiger charge is -2.15. The fourth-order valence-electron chi connectivity index (χ4n) is 4.57. The summed E-state index contributed by atoms with van der Waals surface area (Å²) in [5.41, 5.74) is 5.26. The fourth-order valence-corrected chi connectivity index (χ4v) is 4.57. The second-order valence-corrected chi connectivity index (χ2v) is 9.13. The van der Waals surface area contributed by atoms with Gasteiger partial charge in [-0.25, -0.2) is 0 Å². The number of phenols is 2. The highest BCUT2D eigenvalue weighted by Gasteiger charge is 2.27. The Kier molecular flexibility index (Phi) is 9.55. The van der Waals surface area contributed by atoms with Crippen molar-refractivity contribution in [2.24, 2.45) is 0 Å². The van der Waals surface area contributed by atoms with Crippen LogP contribution in [0.1, 0.15) is 42.4 Å². The van der Waals surface area contributed by atoms with E-state index in [0.717, 1.165) is 36.3 Å². The molecule has 0 saturated carbocycles. The van der Waals surface area contributed by atoms with Crippen molar-refractivity contribution in [1.29, 1.82) is 0 Å². The first kappa shape index (κ1) is 28.8. The van der Waals surface area contributed by atoms with Crippen LogP contribution >= 0.6 is 0 Å². The van der Waals surface area contributed by atoms with Gasteiger partial charge in [-0.15, -0.1) is 0 Å². The Morgan fingerprint density at radius 1 is 0.921 bits per heavy atom. The van der Waals surface area contributed by atoms with Crippen molar-refractivity contribution in [3.8, 4) is 45.1 Å². The molecule has 0 unspecified atom stereocenters. The van der Waals surface area contributed by atoms with Gasteiger partial charge in [-0.2, -0.15) is 0 Å². The van der Waals surface area contributed by atoms with Crippen LogP contribution in [0.4, 0.5) is 0 Å². The molecule has 38 heavy (non-hydrogen) atoms. The van der Waals surface area contributed by atoms with Crippen molar-refractivity contribution >= 4 is 5.91 Å². The van der Waals surface area contributed by atoms with Crippen LogP contribution in [0.15, 0.2) is 65.2 Å². The molecule has 3 aromatic carbocycles. The Morgan fingerprint density at radius 2 is 1.58 bits per heavy atom. The average Bonchev–Trinajstić information content (AvgIpc) is 3.33. The number of hydrogen-bond donors (Lipinski definition) is 4. The van der Waals surface area contributed by atoms with Gasteiger partial charge in [0, 0.05) is 23.7 Å². The van der Waals surface area contributed by atoms with Crippen LogP contribution in [0.5, 0.6) is 11.5 Å². The maximum absolute atomic E-state index is 12.9. The third kappa shape index (κ3) is 5.85. The van der Waals surface area contributed by atoms with Crippen LogP contribution in [0.3, 0.4) is 0 Å². The zero-order valence-corrected chi connectivity index (χ0v) is 22.9. The number of quaternary nitrogens is 1. The second-order valence-electron chi connectivity index (χ2n) is 9.13. The quantitative estimate of drug-likeness (QED) is 0.261. The minimum atomic E-state index is -0.360. The number of benzene rings is 3. The van der Waals surface area contributed by atoms with Crippen molar-refractivity contribution in [3.05, 3.63) is 77.5 Å². The third-order valence-electron chi connectivity index (χ3n) is 6.74. The molecule has 4 N–H and O–H groups in total. The molecule has 0 aliphatic heterocycles. The molecule has 0 atom stereocenters. The van der Waals surface area contributed by atoms with Crippen LogP contribution in [0, 0.1) is 6.92 Å². The smallest absolute Gasteiger partial charge is 0.274 e. The number of aryl methyl sites for hydroxylation is 1. The summed E-state index contributed by atoms with van der Waals surface area (Å²) in [7, 11) is 0. The van der Waals surface area contributed by atoms with E-state index < -0.39 is 0 Å². The highest BCUT2D eigenvalue weighted by Crippen LogP contribution is 2.44. The molecule has 7 nitrogen and oxygen atoms in total. The van der Waals surface area contributed by atoms with Gasteiger partial charge in [0.25, 0.3) is 5.91 Å². The van der Waals surface area contributed by atoms with Crippen molar-refractivity contribution in [2.75, 3.05) is 19.6 Å². The first-order chi connectivity index (χ1) is 17.9. The van der Waals surface area contributed by atoms with Crippen LogP contribution in [-0.2, 0) is 6.54 Å². The molecule has 0 bridgehead atoms. The van der Waals surface area contributed by atoms with Gasteiger partial charge < -0.3 is 37.4 Å². The van der Waals surface area contributed by atoms with Gasteiger partial charge in [0.05, 0.1) is 24.2 Å². The summed E-state index contributed by atoms with van der Waals surface area (Å²) >= 11 is 0. The van der Waals surface area contributed by atoms with E-state index in [4.69, 9.17) is 4.52 Å². The summed E-state index contributed by atoms with van der Waals surface area (Å²) in [5.74, 6) is -0.322. The first-order valence-corrected chi connectivity index (χ1v) is 12.7. The summed E-state index contributed by atoms with van der Waals surface area (Å²) in [5, 5.41) is 28.4. The maximum atomic E-state index is 12.9. The number of amides is 1. The molecule has 0 saturated heterocycles. The molecule has 0 fully saturated rings. The van der Waals surface area contributed by atoms with E-state index in [2.05, 4.69) is 24.3 Å². The van der Waals surface area contributed by atoms with E-state index in [1.807, 2.05) is 62.4 Å². The van der Waals surface area contributed by atoms with Gasteiger partial charge in [-0.1, -0.05) is 53.7 Å². The summed E-state index contributed by atoms with van der Waals surface area (Å²) < 4.78 is 5.72. The predicted molar refractivity (Wildman–Crippen MR) is 145 cm³/mol. The SMILES string of the molecule is CCNC(=O)c1noc(-c2cc(-c3ccccc3C)c(O)cc2O)c1-c1ccc(C[NH+](CC)CC)cc1.[Cl-]. The Hall–Kier alpha value is -3.81. The number of aromatic hydroxyl groups is 2. The largest absolute Gasteiger partial charge is 1.00 e. The Labute approximate surface area is 229 Å². The molecule has 0 aliphatic rings. The molecular weight excluding hydrogens is 502 g/mol. The fraction of sp³-hybridized carbons (Fsp3) is 0.267. The summed E-state index contributed by atoms with van der Waals surface area (Å²) in [4.78, 5) is 14.4. The Morgan fingerprint density at radius 3 is 2.21 bits per heavy atom. The molecule has 200 valence electrons. The minimum Gasteiger partial charge on any atom is -1.00 e. The number of aromatic nitrogens is 1. The Bertz CT molecular complexity index is 1400. The highest BCUT2D eigenvalue weighted by atomic mass is 35.5. The molecule has 4 rings (SSSR count). The summed E-state index contributed by atoms with van der Waals surface area (Å²) in [6.45, 7) is 11.6. The molecule has 4 aromatic rings. The zero-order valence-electron chi connectivity index (χ0n) is 22.1. The lowest BCUT2D eigenvalue weighted by atomic mass is 9.93. The number of carbonyl (C=O) groups excluding carboxylic acids is 1. The molecule has 0 spiro atoms. The molecule has 1 aromatic heterocycles. The molecular formula is C30H34ClN3O4. The lowest BCUT2D eigenvalue weighted by molar-refractivity contribution is -0.910. The highest BCUT2D eigenvalue weighted by molar-refractivity contribution is 6.03. The van der Waals surface area contributed by atoms with E-state index in [1.54, 1.807) is 6.07 Å². The van der Waals surface area contributed by atoms with E-state index in [9.17, 15) is 15.0 Å². The lowest BCUT2D eigenvalue weighted by Crippen LogP contribution is -3.10. The first-order valence-electron chi connectivity index (χ1n) is 12.7. The van der Waals surface area contributed by atoms with E-state index >= 15 is 0 Å². The third-order valence-corrected chi connectivity index (χ3v) is 6.74. The second kappa shape index (κ2) is 12.6. The van der Waals surface area contributed by atoms with Crippen molar-refractivity contribution in [2.45, 2.75) is 34.2 Å². The van der Waals surface area contributed by atoms with E-state index in [0.29, 0.717) is 23.2 Å². The van der Waals surface area contributed by atoms with Gasteiger partial charge in [-0.3, -0.25) is 4.79 Å². The standard InChI is InChI=1S/C30H33N3O4.ClH/c1-5-31-30(36)28-27(21-14-12-20(13-15-21)18-33(6-2)7-3)29(37-32-28)24-16-23(25(34)17-26(24)35)22-11-9-8-10-19(22)4;/h8-17,34-35H,5-7,18H2,1-4H3,(H,31,36);1H. The van der Waals surface area contributed by atoms with Crippen molar-refractivity contribution in [3.63, 3.8) is 0 Å². The van der Waals surface area contributed by atoms with Gasteiger partial charge in [0.1, 0.15) is 18.0 Å². The molecule has 1 heterocycles. The molecule has 0 radical (unpaired) electrons. The monoisotopic (exact) mass is 535 g/mol. The molecule has 0 aliphatic carbocycles. The maximum Gasteiger partial charge on any atom is 0.274 e. The van der Waals surface area contributed by atoms with Gasteiger partial charge in [0.2, 0.25) is 0 Å². The summed E-state index contributed by atoms with van der Waals surface area (Å²) in [6.07, 6.45) is 0. The average molecular weight is 536 g/mol. The summed E-state index contributed by atoms with van der Waals surface area (Å²) in [6, 6.07) is 18.7. The number of nitrogens with one attached hydrogen (secondary N) is 2. The van der Waals surface area contributed by atoms with Gasteiger partial charge in [0.15, 0.2) is 11.5 Å². The van der Waals surface area contributed by atoms with Crippen molar-refractivity contribution in [1.82, 2.24) is 10.5 Å². The number of hydrogen-bond acceptors (Lipinski definition) is 5. The van der Waals surface area contributed by atoms with Gasteiger partial charge in [-0.05, 0) is 50.5 Å².